The summed E-state index contributed by atoms with van der Waals surface area (Å²) in [5.41, 5.74) is 4.71. The zero-order chi connectivity index (χ0) is 4.12. The molecule has 0 rings (SSSR count). The van der Waals surface area contributed by atoms with Gasteiger partial charge in [-0.1, -0.05) is 0 Å². The summed E-state index contributed by atoms with van der Waals surface area (Å²) in [5.74, 6) is 0. The number of rotatable bonds is 2. The van der Waals surface area contributed by atoms with Crippen LogP contribution >= 0.6 is 0 Å². The van der Waals surface area contributed by atoms with E-state index in [1.165, 1.54) is 0 Å². The monoisotopic (exact) mass is 159 g/mol. The van der Waals surface area contributed by atoms with Gasteiger partial charge in [-0.15, -0.1) is 0 Å². The van der Waals surface area contributed by atoms with Gasteiger partial charge in [0.1, 0.15) is 18.7 Å². The predicted molar refractivity (Wildman–Crippen MR) is 19.7 cm³/mol. The maximum atomic E-state index is 9.20. The smallest absolute Gasteiger partial charge is 0.143 e. The van der Waals surface area contributed by atoms with Gasteiger partial charge in [-0.3, -0.25) is 4.18 Å². The molecule has 0 heterocycles. The van der Waals surface area contributed by atoms with Gasteiger partial charge in [0.15, 0.2) is 0 Å². The van der Waals surface area contributed by atoms with Crippen LogP contribution in [-0.4, -0.2) is 10.9 Å². The minimum atomic E-state index is -0.345. The molecule has 2 N–H and O–H groups in total. The quantitative estimate of drug-likeness (QED) is 0.302. The first-order chi connectivity index (χ1) is 2.41. The average Bonchev–Trinajstić information content (AvgIpc) is 1.41. The van der Waals surface area contributed by atoms with Gasteiger partial charge in [0, 0.05) is 19.5 Å². The summed E-state index contributed by atoms with van der Waals surface area (Å²) in [6.45, 7) is 0.0189. The second-order valence-corrected chi connectivity index (χ2v) is 0.778. The van der Waals surface area contributed by atoms with Crippen molar-refractivity contribution in [2.75, 3.05) is 6.73 Å². The molecule has 5 heteroatoms. The number of hydrogen-bond acceptors (Lipinski definition) is 3. The molecule has 34 valence electrons. The number of nitrogens with two attached hydrogens (primary N) is 1. The average molecular weight is 161 g/mol. The van der Waals surface area contributed by atoms with Gasteiger partial charge in [-0.25, -0.2) is 4.21 Å². The van der Waals surface area contributed by atoms with Gasteiger partial charge in [0.25, 0.3) is 0 Å². The van der Waals surface area contributed by atoms with Crippen LogP contribution in [0.4, 0.5) is 0 Å². The van der Waals surface area contributed by atoms with Crippen LogP contribution in [0.1, 0.15) is 0 Å². The van der Waals surface area contributed by atoms with Crippen LogP contribution in [0, 0.1) is 0 Å². The molecule has 3 nitrogen and oxygen atoms in total. The molecular weight excluding hydrogens is 155 g/mol. The Hall–Kier alpha value is 0.693. The van der Waals surface area contributed by atoms with E-state index in [1.54, 1.807) is 0 Å². The Morgan fingerprint density at radius 1 is 1.83 bits per heavy atom. The Bertz CT molecular complexity index is 34.7. The molecule has 0 bridgehead atoms. The third-order valence-electron chi connectivity index (χ3n) is 0.127. The predicted octanol–water partition coefficient (Wildman–Crippen LogP) is -1.22. The summed E-state index contributed by atoms with van der Waals surface area (Å²) in [5, 5.41) is 0. The first-order valence-corrected chi connectivity index (χ1v) is 1.79. The Kier molecular flexibility index (Phi) is 15.1. The van der Waals surface area contributed by atoms with Crippen molar-refractivity contribution in [1.82, 2.24) is 0 Å². The van der Waals surface area contributed by atoms with Gasteiger partial charge in [0.2, 0.25) is 0 Å². The molecule has 0 fully saturated rings. The van der Waals surface area contributed by atoms with E-state index in [-0.39, 0.29) is 38.2 Å². The van der Waals surface area contributed by atoms with E-state index in [0.717, 1.165) is 0 Å². The van der Waals surface area contributed by atoms with Crippen LogP contribution in [0.2, 0.25) is 0 Å². The molecular formula is CH5NO2SZn. The molecule has 6 heavy (non-hydrogen) atoms. The normalized spacial score (nSPS) is 6.83. The summed E-state index contributed by atoms with van der Waals surface area (Å²) < 4.78 is 13.2. The molecule has 0 aromatic rings. The number of hydrogen-bond donors (Lipinski definition) is 2. The van der Waals surface area contributed by atoms with E-state index < -0.39 is 0 Å². The Morgan fingerprint density at radius 3 is 2.33 bits per heavy atom. The van der Waals surface area contributed by atoms with Crippen molar-refractivity contribution in [3.63, 3.8) is 0 Å². The maximum absolute atomic E-state index is 9.20. The fraction of sp³-hybridized carbons (Fsp3) is 1.00. The van der Waals surface area contributed by atoms with E-state index in [0.29, 0.717) is 0 Å². The van der Waals surface area contributed by atoms with Crippen molar-refractivity contribution >= 4 is 11.9 Å². The van der Waals surface area contributed by atoms with E-state index in [2.05, 4.69) is 4.18 Å². The summed E-state index contributed by atoms with van der Waals surface area (Å²) >= 11 is -0.345. The summed E-state index contributed by atoms with van der Waals surface area (Å²) in [7, 11) is 0. The third-order valence-corrected chi connectivity index (χ3v) is 0.382. The Morgan fingerprint density at radius 2 is 2.33 bits per heavy atom. The second-order valence-electron chi connectivity index (χ2n) is 0.370. The van der Waals surface area contributed by atoms with Crippen molar-refractivity contribution in [2.45, 2.75) is 0 Å². The molecule has 0 saturated carbocycles. The van der Waals surface area contributed by atoms with Crippen LogP contribution in [0.5, 0.6) is 0 Å². The standard InChI is InChI=1S/CH5NO2S.Zn/c2-1-4-5-3;/h5H,1-2H2;. The molecule has 0 saturated heterocycles. The molecule has 0 aromatic heterocycles. The Labute approximate surface area is 52.7 Å². The van der Waals surface area contributed by atoms with Crippen LogP contribution in [0.3, 0.4) is 0 Å². The molecule has 0 radical (unpaired) electrons. The first-order valence-electron chi connectivity index (χ1n) is 1.06. The Balaban J connectivity index is 0. The second kappa shape index (κ2) is 9.19. The van der Waals surface area contributed by atoms with Crippen molar-refractivity contribution in [1.29, 1.82) is 0 Å². The minimum absolute atomic E-state index is 0. The van der Waals surface area contributed by atoms with Crippen molar-refractivity contribution in [3.05, 3.63) is 0 Å². The fourth-order valence-electron chi connectivity index (χ4n) is 0.0304. The third kappa shape index (κ3) is 8.83. The maximum Gasteiger partial charge on any atom is 0.143 e. The zero-order valence-electron chi connectivity index (χ0n) is 3.26. The van der Waals surface area contributed by atoms with E-state index in [4.69, 9.17) is 5.73 Å². The van der Waals surface area contributed by atoms with Gasteiger partial charge < -0.3 is 5.73 Å². The summed E-state index contributed by atoms with van der Waals surface area (Å²) in [4.78, 5) is 0. The van der Waals surface area contributed by atoms with Crippen LogP contribution < -0.4 is 5.73 Å². The molecule has 0 amide bonds. The summed E-state index contributed by atoms with van der Waals surface area (Å²) in [6, 6.07) is 0. The van der Waals surface area contributed by atoms with E-state index in [9.17, 15) is 4.21 Å². The van der Waals surface area contributed by atoms with Gasteiger partial charge in [0.05, 0.1) is 0 Å². The van der Waals surface area contributed by atoms with E-state index in [1.807, 2.05) is 0 Å². The molecule has 0 aliphatic rings. The van der Waals surface area contributed by atoms with Gasteiger partial charge in [-0.05, 0) is 0 Å². The van der Waals surface area contributed by atoms with Crippen LogP contribution in [-0.2, 0) is 35.6 Å². The molecule has 0 aliphatic carbocycles. The molecule has 0 spiro atoms. The molecule has 0 aliphatic heterocycles. The van der Waals surface area contributed by atoms with Crippen molar-refractivity contribution in [2.24, 2.45) is 5.73 Å². The number of thiol groups is 1. The largest absolute Gasteiger partial charge is 0.308 e. The molecule has 0 unspecified atom stereocenters. The molecule has 0 atom stereocenters. The minimum Gasteiger partial charge on any atom is -0.308 e. The van der Waals surface area contributed by atoms with Crippen molar-refractivity contribution < 1.29 is 27.9 Å². The zero-order valence-corrected chi connectivity index (χ0v) is 7.12. The fourth-order valence-corrected chi connectivity index (χ4v) is 0.0913. The SMILES string of the molecule is NCO[SH]=O.[Zn]. The topological polar surface area (TPSA) is 52.3 Å². The van der Waals surface area contributed by atoms with Crippen molar-refractivity contribution in [3.8, 4) is 0 Å². The van der Waals surface area contributed by atoms with Gasteiger partial charge >= 0.3 is 0 Å². The van der Waals surface area contributed by atoms with Crippen LogP contribution in [0.15, 0.2) is 0 Å². The van der Waals surface area contributed by atoms with Gasteiger partial charge in [-0.2, -0.15) is 0 Å². The molecule has 0 aromatic carbocycles. The van der Waals surface area contributed by atoms with Crippen LogP contribution in [0.25, 0.3) is 0 Å². The first kappa shape index (κ1) is 9.85. The van der Waals surface area contributed by atoms with E-state index >= 15 is 0 Å². The summed E-state index contributed by atoms with van der Waals surface area (Å²) in [6.07, 6.45) is 0.